The highest BCUT2D eigenvalue weighted by atomic mass is 16.5. The van der Waals surface area contributed by atoms with E-state index >= 15 is 0 Å². The second kappa shape index (κ2) is 8.58. The van der Waals surface area contributed by atoms with E-state index in [1.54, 1.807) is 24.5 Å². The summed E-state index contributed by atoms with van der Waals surface area (Å²) in [6.07, 6.45) is 4.00. The summed E-state index contributed by atoms with van der Waals surface area (Å²) in [4.78, 5) is 20.1. The van der Waals surface area contributed by atoms with Crippen molar-refractivity contribution in [1.82, 2.24) is 20.4 Å². The molecule has 2 heterocycles. The highest BCUT2D eigenvalue weighted by molar-refractivity contribution is 5.76. The van der Waals surface area contributed by atoms with Gasteiger partial charge in [0.2, 0.25) is 17.6 Å². The third kappa shape index (κ3) is 5.13. The van der Waals surface area contributed by atoms with Crippen LogP contribution in [0.3, 0.4) is 0 Å². The number of hydrogen-bond donors (Lipinski definition) is 1. The minimum Gasteiger partial charge on any atom is -0.492 e. The van der Waals surface area contributed by atoms with Crippen LogP contribution in [0.4, 0.5) is 0 Å². The van der Waals surface area contributed by atoms with E-state index in [2.05, 4.69) is 20.4 Å². The number of carbonyl (C=O) groups excluding carboxylic acids is 1. The molecule has 25 heavy (non-hydrogen) atoms. The van der Waals surface area contributed by atoms with E-state index in [4.69, 9.17) is 9.26 Å². The van der Waals surface area contributed by atoms with Crippen LogP contribution in [-0.4, -0.2) is 34.2 Å². The molecule has 3 aromatic rings. The van der Waals surface area contributed by atoms with Gasteiger partial charge >= 0.3 is 0 Å². The molecule has 0 aliphatic carbocycles. The van der Waals surface area contributed by atoms with Gasteiger partial charge in [-0.15, -0.1) is 0 Å². The van der Waals surface area contributed by atoms with Crippen molar-refractivity contribution in [3.63, 3.8) is 0 Å². The number of nitrogens with one attached hydrogen (secondary N) is 1. The van der Waals surface area contributed by atoms with Crippen molar-refractivity contribution >= 4 is 5.91 Å². The van der Waals surface area contributed by atoms with Crippen LogP contribution < -0.4 is 10.1 Å². The number of aryl methyl sites for hydroxylation is 1. The average Bonchev–Trinajstić information content (AvgIpc) is 3.14. The fourth-order valence-electron chi connectivity index (χ4n) is 2.16. The second-order valence-electron chi connectivity index (χ2n) is 5.26. The zero-order valence-corrected chi connectivity index (χ0v) is 13.6. The molecule has 0 saturated carbocycles. The van der Waals surface area contributed by atoms with Gasteiger partial charge < -0.3 is 14.6 Å². The molecule has 0 aliphatic rings. The third-order valence-electron chi connectivity index (χ3n) is 3.41. The first kappa shape index (κ1) is 16.6. The van der Waals surface area contributed by atoms with Gasteiger partial charge in [0.25, 0.3) is 0 Å². The number of nitrogens with zero attached hydrogens (tertiary/aromatic N) is 3. The van der Waals surface area contributed by atoms with Crippen LogP contribution in [0.25, 0.3) is 11.4 Å². The monoisotopic (exact) mass is 338 g/mol. The topological polar surface area (TPSA) is 90.1 Å². The third-order valence-corrected chi connectivity index (χ3v) is 3.41. The van der Waals surface area contributed by atoms with E-state index in [9.17, 15) is 4.79 Å². The number of carbonyl (C=O) groups is 1. The first-order valence-corrected chi connectivity index (χ1v) is 7.99. The SMILES string of the molecule is O=C(CCc1nc(-c2ccncc2)no1)NCCOc1ccccc1. The Morgan fingerprint density at radius 2 is 1.92 bits per heavy atom. The van der Waals surface area contributed by atoms with Gasteiger partial charge in [-0.25, -0.2) is 0 Å². The number of aromatic nitrogens is 3. The molecular formula is C18H18N4O3. The van der Waals surface area contributed by atoms with Gasteiger partial charge in [0.15, 0.2) is 0 Å². The van der Waals surface area contributed by atoms with Gasteiger partial charge in [-0.2, -0.15) is 4.98 Å². The van der Waals surface area contributed by atoms with Crippen molar-refractivity contribution in [3.05, 3.63) is 60.7 Å². The molecule has 2 aromatic heterocycles. The molecule has 0 saturated heterocycles. The summed E-state index contributed by atoms with van der Waals surface area (Å²) in [5, 5.41) is 6.71. The van der Waals surface area contributed by atoms with Crippen LogP contribution in [0.5, 0.6) is 5.75 Å². The molecular weight excluding hydrogens is 320 g/mol. The smallest absolute Gasteiger partial charge is 0.227 e. The van der Waals surface area contributed by atoms with E-state index in [1.807, 2.05) is 30.3 Å². The fraction of sp³-hybridized carbons (Fsp3) is 0.222. The van der Waals surface area contributed by atoms with Crippen molar-refractivity contribution in [2.24, 2.45) is 0 Å². The summed E-state index contributed by atoms with van der Waals surface area (Å²) in [7, 11) is 0. The minimum atomic E-state index is -0.0830. The molecule has 0 atom stereocenters. The second-order valence-corrected chi connectivity index (χ2v) is 5.26. The Labute approximate surface area is 145 Å². The van der Waals surface area contributed by atoms with Crippen molar-refractivity contribution in [2.75, 3.05) is 13.2 Å². The highest BCUT2D eigenvalue weighted by Crippen LogP contribution is 2.14. The van der Waals surface area contributed by atoms with Crippen LogP contribution in [-0.2, 0) is 11.2 Å². The minimum absolute atomic E-state index is 0.0830. The number of rotatable bonds is 8. The molecule has 7 heteroatoms. The van der Waals surface area contributed by atoms with Gasteiger partial charge in [-0.05, 0) is 24.3 Å². The first-order chi connectivity index (χ1) is 12.3. The zero-order chi connectivity index (χ0) is 17.3. The van der Waals surface area contributed by atoms with Crippen molar-refractivity contribution in [1.29, 1.82) is 0 Å². The van der Waals surface area contributed by atoms with Crippen LogP contribution in [0.1, 0.15) is 12.3 Å². The van der Waals surface area contributed by atoms with E-state index in [0.717, 1.165) is 11.3 Å². The summed E-state index contributed by atoms with van der Waals surface area (Å²) in [5.74, 6) is 1.63. The van der Waals surface area contributed by atoms with Gasteiger partial charge in [-0.1, -0.05) is 23.4 Å². The van der Waals surface area contributed by atoms with Crippen molar-refractivity contribution in [3.8, 4) is 17.1 Å². The molecule has 1 amide bonds. The lowest BCUT2D eigenvalue weighted by atomic mass is 10.2. The molecule has 3 rings (SSSR count). The molecule has 0 radical (unpaired) electrons. The van der Waals surface area contributed by atoms with Crippen molar-refractivity contribution in [2.45, 2.75) is 12.8 Å². The lowest BCUT2D eigenvalue weighted by molar-refractivity contribution is -0.121. The first-order valence-electron chi connectivity index (χ1n) is 7.99. The Hall–Kier alpha value is -3.22. The maximum absolute atomic E-state index is 11.8. The Kier molecular flexibility index (Phi) is 5.71. The zero-order valence-electron chi connectivity index (χ0n) is 13.6. The summed E-state index contributed by atoms with van der Waals surface area (Å²) in [6, 6.07) is 13.1. The van der Waals surface area contributed by atoms with E-state index < -0.39 is 0 Å². The molecule has 7 nitrogen and oxygen atoms in total. The molecule has 0 bridgehead atoms. The Morgan fingerprint density at radius 3 is 2.72 bits per heavy atom. The van der Waals surface area contributed by atoms with Gasteiger partial charge in [0.05, 0.1) is 6.54 Å². The van der Waals surface area contributed by atoms with Gasteiger partial charge in [0.1, 0.15) is 12.4 Å². The molecule has 0 spiro atoms. The lowest BCUT2D eigenvalue weighted by Crippen LogP contribution is -2.28. The number of hydrogen-bond acceptors (Lipinski definition) is 6. The number of para-hydroxylation sites is 1. The molecule has 0 aliphatic heterocycles. The average molecular weight is 338 g/mol. The van der Waals surface area contributed by atoms with Crippen LogP contribution in [0.15, 0.2) is 59.4 Å². The molecule has 0 fully saturated rings. The van der Waals surface area contributed by atoms with E-state index in [1.165, 1.54) is 0 Å². The fourth-order valence-corrected chi connectivity index (χ4v) is 2.16. The van der Waals surface area contributed by atoms with Crippen LogP contribution >= 0.6 is 0 Å². The summed E-state index contributed by atoms with van der Waals surface area (Å²) >= 11 is 0. The van der Waals surface area contributed by atoms with Crippen LogP contribution in [0.2, 0.25) is 0 Å². The number of ether oxygens (including phenoxy) is 1. The summed E-state index contributed by atoms with van der Waals surface area (Å²) in [6.45, 7) is 0.863. The predicted octanol–water partition coefficient (Wildman–Crippen LogP) is 2.26. The molecule has 0 unspecified atom stereocenters. The maximum Gasteiger partial charge on any atom is 0.227 e. The summed E-state index contributed by atoms with van der Waals surface area (Å²) in [5.41, 5.74) is 0.826. The lowest BCUT2D eigenvalue weighted by Gasteiger charge is -2.07. The number of pyridine rings is 1. The number of benzene rings is 1. The number of amides is 1. The maximum atomic E-state index is 11.8. The Bertz CT molecular complexity index is 790. The van der Waals surface area contributed by atoms with Gasteiger partial charge in [0, 0.05) is 30.8 Å². The largest absolute Gasteiger partial charge is 0.492 e. The normalized spacial score (nSPS) is 10.4. The van der Waals surface area contributed by atoms with Crippen LogP contribution in [0, 0.1) is 0 Å². The van der Waals surface area contributed by atoms with E-state index in [0.29, 0.717) is 31.3 Å². The van der Waals surface area contributed by atoms with Crippen molar-refractivity contribution < 1.29 is 14.1 Å². The molecule has 1 aromatic carbocycles. The molecule has 128 valence electrons. The Morgan fingerprint density at radius 1 is 1.12 bits per heavy atom. The Balaban J connectivity index is 1.37. The highest BCUT2D eigenvalue weighted by Gasteiger charge is 2.10. The predicted molar refractivity (Wildman–Crippen MR) is 90.8 cm³/mol. The van der Waals surface area contributed by atoms with Gasteiger partial charge in [-0.3, -0.25) is 9.78 Å². The summed E-state index contributed by atoms with van der Waals surface area (Å²) < 4.78 is 10.7. The van der Waals surface area contributed by atoms with E-state index in [-0.39, 0.29) is 12.3 Å². The molecule has 1 N–H and O–H groups in total. The standard InChI is InChI=1S/C18H18N4O3/c23-16(20-12-13-24-15-4-2-1-3-5-15)6-7-17-21-18(22-25-17)14-8-10-19-11-9-14/h1-5,8-11H,6-7,12-13H2,(H,20,23). The quantitative estimate of drug-likeness (QED) is 0.634.